The third kappa shape index (κ3) is 3.17. The first-order chi connectivity index (χ1) is 9.74. The summed E-state index contributed by atoms with van der Waals surface area (Å²) in [5.74, 6) is 3.04. The SMILES string of the molecule is CCCN(Cc1cccc(N)c1)CC1CC2CCC1C2. The van der Waals surface area contributed by atoms with Crippen molar-refractivity contribution in [2.75, 3.05) is 18.8 Å². The second-order valence-corrected chi connectivity index (χ2v) is 6.92. The molecule has 3 atom stereocenters. The summed E-state index contributed by atoms with van der Waals surface area (Å²) in [4.78, 5) is 2.65. The number of nitrogens with zero attached hydrogens (tertiary/aromatic N) is 1. The second kappa shape index (κ2) is 6.17. The van der Waals surface area contributed by atoms with E-state index in [9.17, 15) is 0 Å². The standard InChI is InChI=1S/C18H28N2/c1-2-8-20(12-15-4-3-5-18(19)11-15)13-17-10-14-6-7-16(17)9-14/h3-5,11,14,16-17H,2,6-10,12-13,19H2,1H3. The topological polar surface area (TPSA) is 29.3 Å². The van der Waals surface area contributed by atoms with Crippen molar-refractivity contribution in [1.82, 2.24) is 4.90 Å². The van der Waals surface area contributed by atoms with Crippen LogP contribution >= 0.6 is 0 Å². The molecule has 3 rings (SSSR count). The lowest BCUT2D eigenvalue weighted by Crippen LogP contribution is -2.32. The Kier molecular flexibility index (Phi) is 4.30. The number of anilines is 1. The van der Waals surface area contributed by atoms with Crippen LogP contribution in [0.5, 0.6) is 0 Å². The number of nitrogens with two attached hydrogens (primary N) is 1. The van der Waals surface area contributed by atoms with Crippen molar-refractivity contribution < 1.29 is 0 Å². The van der Waals surface area contributed by atoms with E-state index in [1.807, 2.05) is 6.07 Å². The van der Waals surface area contributed by atoms with E-state index in [2.05, 4.69) is 30.0 Å². The zero-order valence-electron chi connectivity index (χ0n) is 12.7. The lowest BCUT2D eigenvalue weighted by atomic mass is 9.88. The fourth-order valence-electron chi connectivity index (χ4n) is 4.43. The van der Waals surface area contributed by atoms with Crippen LogP contribution in [0.15, 0.2) is 24.3 Å². The minimum Gasteiger partial charge on any atom is -0.399 e. The Morgan fingerprint density at radius 3 is 2.80 bits per heavy atom. The van der Waals surface area contributed by atoms with Gasteiger partial charge < -0.3 is 5.73 Å². The maximum Gasteiger partial charge on any atom is 0.0317 e. The summed E-state index contributed by atoms with van der Waals surface area (Å²) in [6.07, 6.45) is 7.24. The van der Waals surface area contributed by atoms with Crippen molar-refractivity contribution in [2.24, 2.45) is 17.8 Å². The maximum atomic E-state index is 5.90. The van der Waals surface area contributed by atoms with Crippen molar-refractivity contribution in [3.05, 3.63) is 29.8 Å². The van der Waals surface area contributed by atoms with Crippen LogP contribution in [0, 0.1) is 17.8 Å². The molecule has 1 aromatic rings. The summed E-state index contributed by atoms with van der Waals surface area (Å²) >= 11 is 0. The van der Waals surface area contributed by atoms with Crippen molar-refractivity contribution in [1.29, 1.82) is 0 Å². The van der Waals surface area contributed by atoms with E-state index in [0.29, 0.717) is 0 Å². The number of benzene rings is 1. The second-order valence-electron chi connectivity index (χ2n) is 6.92. The van der Waals surface area contributed by atoms with Crippen molar-refractivity contribution in [3.63, 3.8) is 0 Å². The monoisotopic (exact) mass is 272 g/mol. The number of fused-ring (bicyclic) bond motifs is 2. The van der Waals surface area contributed by atoms with Gasteiger partial charge >= 0.3 is 0 Å². The average molecular weight is 272 g/mol. The van der Waals surface area contributed by atoms with Crippen LogP contribution in [0.2, 0.25) is 0 Å². The number of hydrogen-bond donors (Lipinski definition) is 1. The van der Waals surface area contributed by atoms with E-state index in [1.54, 1.807) is 0 Å². The number of nitrogen functional groups attached to an aromatic ring is 1. The van der Waals surface area contributed by atoms with E-state index in [0.717, 1.165) is 30.0 Å². The van der Waals surface area contributed by atoms with Gasteiger partial charge in [-0.15, -0.1) is 0 Å². The van der Waals surface area contributed by atoms with Crippen LogP contribution in [0.4, 0.5) is 5.69 Å². The molecule has 2 aliphatic carbocycles. The molecule has 2 bridgehead atoms. The minimum absolute atomic E-state index is 0.888. The van der Waals surface area contributed by atoms with E-state index < -0.39 is 0 Å². The van der Waals surface area contributed by atoms with Crippen molar-refractivity contribution in [3.8, 4) is 0 Å². The highest BCUT2D eigenvalue weighted by Crippen LogP contribution is 2.48. The first kappa shape index (κ1) is 13.9. The molecule has 110 valence electrons. The Bertz CT molecular complexity index is 443. The highest BCUT2D eigenvalue weighted by atomic mass is 15.1. The van der Waals surface area contributed by atoms with E-state index in [4.69, 9.17) is 5.73 Å². The van der Waals surface area contributed by atoms with Gasteiger partial charge in [0.2, 0.25) is 0 Å². The molecular formula is C18H28N2. The normalized spacial score (nSPS) is 28.4. The molecule has 0 aromatic heterocycles. The highest BCUT2D eigenvalue weighted by Gasteiger charge is 2.39. The number of rotatable bonds is 6. The first-order valence-electron chi connectivity index (χ1n) is 8.31. The lowest BCUT2D eigenvalue weighted by Gasteiger charge is -2.30. The third-order valence-corrected chi connectivity index (χ3v) is 5.27. The quantitative estimate of drug-likeness (QED) is 0.795. The summed E-state index contributed by atoms with van der Waals surface area (Å²) in [6.45, 7) is 5.85. The average Bonchev–Trinajstić information content (AvgIpc) is 3.01. The number of hydrogen-bond acceptors (Lipinski definition) is 2. The van der Waals surface area contributed by atoms with E-state index in [1.165, 1.54) is 50.8 Å². The van der Waals surface area contributed by atoms with Gasteiger partial charge in [-0.05, 0) is 67.7 Å². The maximum absolute atomic E-state index is 5.90. The Balaban J connectivity index is 1.60. The van der Waals surface area contributed by atoms with Crippen LogP contribution in [0.1, 0.15) is 44.6 Å². The van der Waals surface area contributed by atoms with Crippen LogP contribution < -0.4 is 5.73 Å². The van der Waals surface area contributed by atoms with Crippen LogP contribution in [0.25, 0.3) is 0 Å². The molecule has 3 unspecified atom stereocenters. The largest absolute Gasteiger partial charge is 0.399 e. The molecule has 2 heteroatoms. The van der Waals surface area contributed by atoms with Crippen molar-refractivity contribution >= 4 is 5.69 Å². The molecule has 0 saturated heterocycles. The Hall–Kier alpha value is -1.02. The third-order valence-electron chi connectivity index (χ3n) is 5.27. The summed E-state index contributed by atoms with van der Waals surface area (Å²) in [5, 5.41) is 0. The molecule has 2 aliphatic rings. The van der Waals surface area contributed by atoms with E-state index in [-0.39, 0.29) is 0 Å². The Labute approximate surface area is 123 Å². The van der Waals surface area contributed by atoms with Crippen LogP contribution in [0.3, 0.4) is 0 Å². The fourth-order valence-corrected chi connectivity index (χ4v) is 4.43. The minimum atomic E-state index is 0.888. The molecule has 0 radical (unpaired) electrons. The molecule has 1 aromatic carbocycles. The smallest absolute Gasteiger partial charge is 0.0317 e. The van der Waals surface area contributed by atoms with Gasteiger partial charge in [-0.2, -0.15) is 0 Å². The molecule has 0 amide bonds. The molecule has 20 heavy (non-hydrogen) atoms. The predicted octanol–water partition coefficient (Wildman–Crippen LogP) is 3.92. The van der Waals surface area contributed by atoms with Crippen LogP contribution in [-0.2, 0) is 6.54 Å². The van der Waals surface area contributed by atoms with E-state index >= 15 is 0 Å². The summed E-state index contributed by atoms with van der Waals surface area (Å²) in [5.41, 5.74) is 8.15. The van der Waals surface area contributed by atoms with Gasteiger partial charge in [0.15, 0.2) is 0 Å². The molecule has 0 heterocycles. The van der Waals surface area contributed by atoms with Gasteiger partial charge in [0.1, 0.15) is 0 Å². The van der Waals surface area contributed by atoms with Gasteiger partial charge in [-0.3, -0.25) is 4.90 Å². The summed E-state index contributed by atoms with van der Waals surface area (Å²) < 4.78 is 0. The van der Waals surface area contributed by atoms with Gasteiger partial charge in [-0.25, -0.2) is 0 Å². The van der Waals surface area contributed by atoms with Gasteiger partial charge in [0.05, 0.1) is 0 Å². The summed E-state index contributed by atoms with van der Waals surface area (Å²) in [6, 6.07) is 8.39. The molecule has 2 N–H and O–H groups in total. The zero-order valence-corrected chi connectivity index (χ0v) is 12.7. The summed E-state index contributed by atoms with van der Waals surface area (Å²) in [7, 11) is 0. The van der Waals surface area contributed by atoms with Crippen LogP contribution in [-0.4, -0.2) is 18.0 Å². The molecule has 2 fully saturated rings. The highest BCUT2D eigenvalue weighted by molar-refractivity contribution is 5.40. The predicted molar refractivity (Wildman–Crippen MR) is 85.4 cm³/mol. The molecule has 0 aliphatic heterocycles. The first-order valence-corrected chi connectivity index (χ1v) is 8.31. The lowest BCUT2D eigenvalue weighted by molar-refractivity contribution is 0.183. The molecule has 0 spiro atoms. The zero-order chi connectivity index (χ0) is 13.9. The van der Waals surface area contributed by atoms with Crippen molar-refractivity contribution in [2.45, 2.75) is 45.6 Å². The molecule has 2 nitrogen and oxygen atoms in total. The van der Waals surface area contributed by atoms with Gasteiger partial charge in [0.25, 0.3) is 0 Å². The van der Waals surface area contributed by atoms with Gasteiger partial charge in [-0.1, -0.05) is 25.5 Å². The Morgan fingerprint density at radius 2 is 2.15 bits per heavy atom. The molecular weight excluding hydrogens is 244 g/mol. The van der Waals surface area contributed by atoms with Gasteiger partial charge in [0, 0.05) is 18.8 Å². The molecule has 2 saturated carbocycles. The fraction of sp³-hybridized carbons (Fsp3) is 0.667. The Morgan fingerprint density at radius 1 is 1.25 bits per heavy atom.